The smallest absolute Gasteiger partial charge is 0.120 e. The first-order valence-corrected chi connectivity index (χ1v) is 7.63. The lowest BCUT2D eigenvalue weighted by Crippen LogP contribution is -2.31. The summed E-state index contributed by atoms with van der Waals surface area (Å²) in [6.07, 6.45) is 1.30. The highest BCUT2D eigenvalue weighted by molar-refractivity contribution is 9.10. The van der Waals surface area contributed by atoms with Crippen molar-refractivity contribution in [2.24, 2.45) is 5.92 Å². The molecule has 2 unspecified atom stereocenters. The fourth-order valence-electron chi connectivity index (χ4n) is 2.18. The SMILES string of the molecule is CCC(NCC(O)CC(C)C)c1cc(Br)ccc1O. The van der Waals surface area contributed by atoms with Crippen molar-refractivity contribution >= 4 is 15.9 Å². The van der Waals surface area contributed by atoms with Crippen molar-refractivity contribution in [3.63, 3.8) is 0 Å². The van der Waals surface area contributed by atoms with E-state index in [0.717, 1.165) is 22.9 Å². The largest absolute Gasteiger partial charge is 0.508 e. The molecule has 0 bridgehead atoms. The number of phenols is 1. The van der Waals surface area contributed by atoms with E-state index in [4.69, 9.17) is 0 Å². The summed E-state index contributed by atoms with van der Waals surface area (Å²) in [7, 11) is 0. The first-order chi connectivity index (χ1) is 8.93. The van der Waals surface area contributed by atoms with Gasteiger partial charge in [0.05, 0.1) is 6.10 Å². The van der Waals surface area contributed by atoms with Gasteiger partial charge >= 0.3 is 0 Å². The molecule has 0 aliphatic heterocycles. The van der Waals surface area contributed by atoms with Gasteiger partial charge in [0.15, 0.2) is 0 Å². The molecule has 1 aromatic carbocycles. The Morgan fingerprint density at radius 1 is 1.32 bits per heavy atom. The van der Waals surface area contributed by atoms with Crippen molar-refractivity contribution in [1.29, 1.82) is 0 Å². The Morgan fingerprint density at radius 2 is 2.00 bits per heavy atom. The lowest BCUT2D eigenvalue weighted by molar-refractivity contribution is 0.142. The minimum absolute atomic E-state index is 0.0549. The summed E-state index contributed by atoms with van der Waals surface area (Å²) in [5, 5.41) is 23.2. The number of halogens is 1. The number of hydrogen-bond donors (Lipinski definition) is 3. The third-order valence-electron chi connectivity index (χ3n) is 3.12. The number of phenolic OH excluding ortho intramolecular Hbond substituents is 1. The van der Waals surface area contributed by atoms with Crippen molar-refractivity contribution in [3.05, 3.63) is 28.2 Å². The van der Waals surface area contributed by atoms with E-state index in [2.05, 4.69) is 42.0 Å². The van der Waals surface area contributed by atoms with Crippen LogP contribution in [-0.4, -0.2) is 22.9 Å². The molecule has 0 aromatic heterocycles. The molecule has 1 rings (SSSR count). The van der Waals surface area contributed by atoms with Crippen molar-refractivity contribution < 1.29 is 10.2 Å². The third kappa shape index (κ3) is 5.51. The van der Waals surface area contributed by atoms with Gasteiger partial charge in [-0.05, 0) is 37.0 Å². The molecule has 0 heterocycles. The molecule has 3 nitrogen and oxygen atoms in total. The highest BCUT2D eigenvalue weighted by atomic mass is 79.9. The van der Waals surface area contributed by atoms with E-state index in [0.29, 0.717) is 18.2 Å². The van der Waals surface area contributed by atoms with Crippen LogP contribution in [0.2, 0.25) is 0 Å². The summed E-state index contributed by atoms with van der Waals surface area (Å²) >= 11 is 3.42. The normalized spacial score (nSPS) is 14.6. The number of nitrogens with one attached hydrogen (secondary N) is 1. The third-order valence-corrected chi connectivity index (χ3v) is 3.61. The van der Waals surface area contributed by atoms with Crippen LogP contribution in [0.3, 0.4) is 0 Å². The maximum absolute atomic E-state index is 9.92. The topological polar surface area (TPSA) is 52.5 Å². The maximum Gasteiger partial charge on any atom is 0.120 e. The van der Waals surface area contributed by atoms with E-state index in [9.17, 15) is 10.2 Å². The molecular formula is C15H24BrNO2. The van der Waals surface area contributed by atoms with Gasteiger partial charge < -0.3 is 15.5 Å². The van der Waals surface area contributed by atoms with Gasteiger partial charge in [-0.15, -0.1) is 0 Å². The monoisotopic (exact) mass is 329 g/mol. The molecule has 0 saturated carbocycles. The minimum atomic E-state index is -0.344. The molecule has 0 fully saturated rings. The van der Waals surface area contributed by atoms with Gasteiger partial charge in [0.2, 0.25) is 0 Å². The van der Waals surface area contributed by atoms with Crippen LogP contribution < -0.4 is 5.32 Å². The number of benzene rings is 1. The summed E-state index contributed by atoms with van der Waals surface area (Å²) < 4.78 is 0.947. The van der Waals surface area contributed by atoms with Gasteiger partial charge in [0, 0.05) is 22.6 Å². The molecule has 1 aromatic rings. The Hall–Kier alpha value is -0.580. The molecular weight excluding hydrogens is 306 g/mol. The van der Waals surface area contributed by atoms with Crippen molar-refractivity contribution in [1.82, 2.24) is 5.32 Å². The Bertz CT molecular complexity index is 396. The van der Waals surface area contributed by atoms with E-state index in [1.807, 2.05) is 12.1 Å². The summed E-state index contributed by atoms with van der Waals surface area (Å²) in [5.74, 6) is 0.775. The number of rotatable bonds is 7. The van der Waals surface area contributed by atoms with Crippen LogP contribution in [0.5, 0.6) is 5.75 Å². The van der Waals surface area contributed by atoms with Gasteiger partial charge in [0.25, 0.3) is 0 Å². The molecule has 108 valence electrons. The van der Waals surface area contributed by atoms with E-state index in [1.54, 1.807) is 6.07 Å². The van der Waals surface area contributed by atoms with E-state index >= 15 is 0 Å². The van der Waals surface area contributed by atoms with Crippen molar-refractivity contribution in [2.75, 3.05) is 6.54 Å². The van der Waals surface area contributed by atoms with E-state index in [1.165, 1.54) is 0 Å². The average Bonchev–Trinajstić information content (AvgIpc) is 2.33. The quantitative estimate of drug-likeness (QED) is 0.716. The van der Waals surface area contributed by atoms with Gasteiger partial charge in [-0.3, -0.25) is 0 Å². The number of aliphatic hydroxyl groups is 1. The molecule has 0 saturated heterocycles. The van der Waals surface area contributed by atoms with Crippen LogP contribution in [0.15, 0.2) is 22.7 Å². The lowest BCUT2D eigenvalue weighted by Gasteiger charge is -2.21. The maximum atomic E-state index is 9.92. The Balaban J connectivity index is 2.65. The van der Waals surface area contributed by atoms with Crippen molar-refractivity contribution in [2.45, 2.75) is 45.8 Å². The van der Waals surface area contributed by atoms with E-state index < -0.39 is 0 Å². The molecule has 2 atom stereocenters. The van der Waals surface area contributed by atoms with Gasteiger partial charge in [0.1, 0.15) is 5.75 Å². The van der Waals surface area contributed by atoms with Crippen LogP contribution in [0.4, 0.5) is 0 Å². The molecule has 0 aliphatic carbocycles. The predicted molar refractivity (Wildman–Crippen MR) is 82.3 cm³/mol. The average molecular weight is 330 g/mol. The fraction of sp³-hybridized carbons (Fsp3) is 0.600. The standard InChI is InChI=1S/C15H24BrNO2/c1-4-14(17-9-12(18)7-10(2)3)13-8-11(16)5-6-15(13)19/h5-6,8,10,12,14,17-19H,4,7,9H2,1-3H3. The molecule has 0 radical (unpaired) electrons. The molecule has 0 aliphatic rings. The van der Waals surface area contributed by atoms with Crippen LogP contribution in [0.25, 0.3) is 0 Å². The zero-order valence-electron chi connectivity index (χ0n) is 11.9. The van der Waals surface area contributed by atoms with Crippen LogP contribution in [0.1, 0.15) is 45.2 Å². The summed E-state index contributed by atoms with van der Waals surface area (Å²) in [4.78, 5) is 0. The van der Waals surface area contributed by atoms with Gasteiger partial charge in [-0.25, -0.2) is 0 Å². The highest BCUT2D eigenvalue weighted by Gasteiger charge is 2.15. The van der Waals surface area contributed by atoms with E-state index in [-0.39, 0.29) is 12.1 Å². The zero-order valence-corrected chi connectivity index (χ0v) is 13.4. The predicted octanol–water partition coefficient (Wildman–Crippen LogP) is 3.60. The molecule has 19 heavy (non-hydrogen) atoms. The summed E-state index contributed by atoms with van der Waals surface area (Å²) in [6, 6.07) is 5.48. The van der Waals surface area contributed by atoms with Crippen LogP contribution >= 0.6 is 15.9 Å². The van der Waals surface area contributed by atoms with Crippen LogP contribution in [-0.2, 0) is 0 Å². The molecule has 4 heteroatoms. The van der Waals surface area contributed by atoms with Crippen LogP contribution in [0, 0.1) is 5.92 Å². The molecule has 0 amide bonds. The number of aliphatic hydroxyl groups excluding tert-OH is 1. The Kier molecular flexibility index (Phi) is 6.83. The first-order valence-electron chi connectivity index (χ1n) is 6.83. The first kappa shape index (κ1) is 16.5. The minimum Gasteiger partial charge on any atom is -0.508 e. The molecule has 0 spiro atoms. The fourth-order valence-corrected chi connectivity index (χ4v) is 2.56. The second-order valence-electron chi connectivity index (χ2n) is 5.36. The Labute approximate surface area is 124 Å². The summed E-state index contributed by atoms with van der Waals surface area (Å²) in [5.41, 5.74) is 0.869. The molecule has 3 N–H and O–H groups in total. The zero-order chi connectivity index (χ0) is 14.4. The Morgan fingerprint density at radius 3 is 2.58 bits per heavy atom. The lowest BCUT2D eigenvalue weighted by atomic mass is 10.0. The van der Waals surface area contributed by atoms with Gasteiger partial charge in [-0.2, -0.15) is 0 Å². The highest BCUT2D eigenvalue weighted by Crippen LogP contribution is 2.29. The van der Waals surface area contributed by atoms with Crippen molar-refractivity contribution in [3.8, 4) is 5.75 Å². The number of aromatic hydroxyl groups is 1. The van der Waals surface area contributed by atoms with Gasteiger partial charge in [-0.1, -0.05) is 36.7 Å². The number of hydrogen-bond acceptors (Lipinski definition) is 3. The second-order valence-corrected chi connectivity index (χ2v) is 6.27. The second kappa shape index (κ2) is 7.88. The summed E-state index contributed by atoms with van der Waals surface area (Å²) in [6.45, 7) is 6.80.